The molecule has 0 bridgehead atoms. The van der Waals surface area contributed by atoms with Crippen LogP contribution in [0.15, 0.2) is 12.3 Å². The van der Waals surface area contributed by atoms with Gasteiger partial charge in [-0.2, -0.15) is 5.10 Å². The van der Waals surface area contributed by atoms with Crippen molar-refractivity contribution in [2.45, 2.75) is 27.2 Å². The molecular weight excluding hydrogens is 218 g/mol. The van der Waals surface area contributed by atoms with Crippen LogP contribution in [0.3, 0.4) is 0 Å². The van der Waals surface area contributed by atoms with E-state index in [-0.39, 0.29) is 5.97 Å². The maximum atomic E-state index is 11.8. The number of rotatable bonds is 3. The number of ether oxygens (including phenoxy) is 1. The fraction of sp³-hybridized carbons (Fsp3) is 0.417. The van der Waals surface area contributed by atoms with E-state index in [1.165, 1.54) is 0 Å². The third kappa shape index (κ3) is 2.13. The Kier molecular flexibility index (Phi) is 3.08. The second kappa shape index (κ2) is 4.53. The lowest BCUT2D eigenvalue weighted by Crippen LogP contribution is -2.11. The molecule has 17 heavy (non-hydrogen) atoms. The summed E-state index contributed by atoms with van der Waals surface area (Å²) < 4.78 is 6.76. The van der Waals surface area contributed by atoms with Gasteiger partial charge >= 0.3 is 5.97 Å². The largest absolute Gasteiger partial charge is 0.462 e. The molecule has 0 N–H and O–H groups in total. The summed E-state index contributed by atoms with van der Waals surface area (Å²) in [5.41, 5.74) is 2.84. The van der Waals surface area contributed by atoms with E-state index in [4.69, 9.17) is 4.74 Å². The molecule has 0 spiro atoms. The molecule has 0 saturated heterocycles. The minimum atomic E-state index is -0.341. The Labute approximate surface area is 99.4 Å². The number of nitrogens with zero attached hydrogens (tertiary/aromatic N) is 3. The number of aryl methyl sites for hydroxylation is 2. The zero-order valence-electron chi connectivity index (χ0n) is 10.2. The second-order valence-electron chi connectivity index (χ2n) is 3.95. The molecule has 0 aliphatic heterocycles. The van der Waals surface area contributed by atoms with Gasteiger partial charge in [-0.25, -0.2) is 14.3 Å². The lowest BCUT2D eigenvalue weighted by atomic mass is 10.2. The van der Waals surface area contributed by atoms with Gasteiger partial charge in [0.1, 0.15) is 0 Å². The minimum absolute atomic E-state index is 0.341. The number of esters is 1. The number of hydrogen-bond acceptors (Lipinski definition) is 4. The van der Waals surface area contributed by atoms with E-state index in [2.05, 4.69) is 10.1 Å². The van der Waals surface area contributed by atoms with Gasteiger partial charge < -0.3 is 4.74 Å². The Bertz CT molecular complexity index is 560. The van der Waals surface area contributed by atoms with Crippen LogP contribution in [0, 0.1) is 13.8 Å². The van der Waals surface area contributed by atoms with Crippen molar-refractivity contribution < 1.29 is 9.53 Å². The molecule has 0 aromatic carbocycles. The molecule has 0 radical (unpaired) electrons. The lowest BCUT2D eigenvalue weighted by Gasteiger charge is -2.06. The van der Waals surface area contributed by atoms with Gasteiger partial charge in [-0.15, -0.1) is 0 Å². The van der Waals surface area contributed by atoms with Gasteiger partial charge in [0, 0.05) is 12.3 Å². The van der Waals surface area contributed by atoms with E-state index >= 15 is 0 Å². The normalized spacial score (nSPS) is 10.8. The highest BCUT2D eigenvalue weighted by Crippen LogP contribution is 2.12. The highest BCUT2D eigenvalue weighted by atomic mass is 16.5. The van der Waals surface area contributed by atoms with Crippen molar-refractivity contribution in [3.05, 3.63) is 29.2 Å². The summed E-state index contributed by atoms with van der Waals surface area (Å²) in [6.45, 7) is 6.11. The van der Waals surface area contributed by atoms with E-state index in [0.29, 0.717) is 12.2 Å². The van der Waals surface area contributed by atoms with Crippen molar-refractivity contribution >= 4 is 11.6 Å². The SMILES string of the molecule is CCCOC(=O)c1cnc2cc(C)nn2c1C. The maximum absolute atomic E-state index is 11.8. The van der Waals surface area contributed by atoms with Crippen LogP contribution in [-0.2, 0) is 4.74 Å². The summed E-state index contributed by atoms with van der Waals surface area (Å²) in [6.07, 6.45) is 2.35. The van der Waals surface area contributed by atoms with Crippen molar-refractivity contribution in [1.29, 1.82) is 0 Å². The number of hydrogen-bond donors (Lipinski definition) is 0. The Morgan fingerprint density at radius 3 is 2.94 bits per heavy atom. The van der Waals surface area contributed by atoms with Crippen LogP contribution in [0.25, 0.3) is 5.65 Å². The molecule has 0 aliphatic rings. The average Bonchev–Trinajstić information content (AvgIpc) is 2.68. The summed E-state index contributed by atoms with van der Waals surface area (Å²) in [5.74, 6) is -0.341. The molecule has 0 aliphatic carbocycles. The monoisotopic (exact) mass is 233 g/mol. The maximum Gasteiger partial charge on any atom is 0.341 e. The van der Waals surface area contributed by atoms with Crippen LogP contribution >= 0.6 is 0 Å². The molecule has 0 saturated carbocycles. The quantitative estimate of drug-likeness (QED) is 0.760. The summed E-state index contributed by atoms with van der Waals surface area (Å²) in [6, 6.07) is 1.87. The van der Waals surface area contributed by atoms with Crippen molar-refractivity contribution in [3.8, 4) is 0 Å². The topological polar surface area (TPSA) is 56.5 Å². The molecule has 90 valence electrons. The van der Waals surface area contributed by atoms with Crippen molar-refractivity contribution in [3.63, 3.8) is 0 Å². The number of fused-ring (bicyclic) bond motifs is 1. The van der Waals surface area contributed by atoms with Gasteiger partial charge in [0.05, 0.1) is 23.6 Å². The molecule has 5 nitrogen and oxygen atoms in total. The van der Waals surface area contributed by atoms with Gasteiger partial charge in [-0.1, -0.05) is 6.92 Å². The zero-order chi connectivity index (χ0) is 12.4. The van der Waals surface area contributed by atoms with Crippen LogP contribution in [-0.4, -0.2) is 27.2 Å². The first-order valence-corrected chi connectivity index (χ1v) is 5.62. The molecule has 0 fully saturated rings. The summed E-state index contributed by atoms with van der Waals surface area (Å²) >= 11 is 0. The van der Waals surface area contributed by atoms with Crippen LogP contribution in [0.2, 0.25) is 0 Å². The van der Waals surface area contributed by atoms with Gasteiger partial charge in [0.2, 0.25) is 0 Å². The standard InChI is InChI=1S/C12H15N3O2/c1-4-5-17-12(16)10-7-13-11-6-8(2)14-15(11)9(10)3/h6-7H,4-5H2,1-3H3. The van der Waals surface area contributed by atoms with E-state index in [1.807, 2.05) is 26.8 Å². The fourth-order valence-electron chi connectivity index (χ4n) is 1.64. The summed E-state index contributed by atoms with van der Waals surface area (Å²) in [4.78, 5) is 16.0. The van der Waals surface area contributed by atoms with Crippen LogP contribution in [0.1, 0.15) is 35.1 Å². The third-order valence-electron chi connectivity index (χ3n) is 2.50. The van der Waals surface area contributed by atoms with Crippen molar-refractivity contribution in [1.82, 2.24) is 14.6 Å². The third-order valence-corrected chi connectivity index (χ3v) is 2.50. The Morgan fingerprint density at radius 1 is 1.47 bits per heavy atom. The van der Waals surface area contributed by atoms with Gasteiger partial charge in [-0.3, -0.25) is 0 Å². The van der Waals surface area contributed by atoms with E-state index in [1.54, 1.807) is 10.7 Å². The molecule has 0 unspecified atom stereocenters. The smallest absolute Gasteiger partial charge is 0.341 e. The minimum Gasteiger partial charge on any atom is -0.462 e. The Hall–Kier alpha value is -1.91. The molecule has 2 aromatic rings. The lowest BCUT2D eigenvalue weighted by molar-refractivity contribution is 0.0503. The van der Waals surface area contributed by atoms with E-state index in [0.717, 1.165) is 23.5 Å². The van der Waals surface area contributed by atoms with Crippen LogP contribution in [0.4, 0.5) is 0 Å². The predicted octanol–water partition coefficient (Wildman–Crippen LogP) is 1.91. The average molecular weight is 233 g/mol. The summed E-state index contributed by atoms with van der Waals surface area (Å²) in [7, 11) is 0. The Balaban J connectivity index is 2.41. The van der Waals surface area contributed by atoms with E-state index < -0.39 is 0 Å². The first-order valence-electron chi connectivity index (χ1n) is 5.62. The molecule has 2 aromatic heterocycles. The summed E-state index contributed by atoms with van der Waals surface area (Å²) in [5, 5.41) is 4.28. The molecular formula is C12H15N3O2. The van der Waals surface area contributed by atoms with Crippen LogP contribution in [0.5, 0.6) is 0 Å². The van der Waals surface area contributed by atoms with Crippen molar-refractivity contribution in [2.24, 2.45) is 0 Å². The predicted molar refractivity (Wildman–Crippen MR) is 63.0 cm³/mol. The number of carbonyl (C=O) groups is 1. The first-order chi connectivity index (χ1) is 8.13. The van der Waals surface area contributed by atoms with Gasteiger partial charge in [0.15, 0.2) is 5.65 Å². The number of aromatic nitrogens is 3. The molecule has 0 atom stereocenters. The molecule has 5 heteroatoms. The van der Waals surface area contributed by atoms with Gasteiger partial charge in [0.25, 0.3) is 0 Å². The van der Waals surface area contributed by atoms with E-state index in [9.17, 15) is 4.79 Å². The first kappa shape index (κ1) is 11.6. The highest BCUT2D eigenvalue weighted by Gasteiger charge is 2.14. The molecule has 2 rings (SSSR count). The second-order valence-corrected chi connectivity index (χ2v) is 3.95. The van der Waals surface area contributed by atoms with Crippen molar-refractivity contribution in [2.75, 3.05) is 6.61 Å². The van der Waals surface area contributed by atoms with Gasteiger partial charge in [-0.05, 0) is 20.3 Å². The molecule has 0 amide bonds. The molecule has 2 heterocycles. The fourth-order valence-corrected chi connectivity index (χ4v) is 1.64. The van der Waals surface area contributed by atoms with Crippen LogP contribution < -0.4 is 0 Å². The number of carbonyl (C=O) groups excluding carboxylic acids is 1. The highest BCUT2D eigenvalue weighted by molar-refractivity contribution is 5.90. The zero-order valence-corrected chi connectivity index (χ0v) is 10.2. The Morgan fingerprint density at radius 2 is 2.24 bits per heavy atom.